The molecular weight excluding hydrogens is 450 g/mol. The van der Waals surface area contributed by atoms with Gasteiger partial charge in [0.2, 0.25) is 0 Å². The summed E-state index contributed by atoms with van der Waals surface area (Å²) in [6.45, 7) is 14.8. The van der Waals surface area contributed by atoms with Crippen LogP contribution in [0.5, 0.6) is 0 Å². The topological polar surface area (TPSA) is 84.2 Å². The Labute approximate surface area is 215 Å². The van der Waals surface area contributed by atoms with Crippen LogP contribution in [0.3, 0.4) is 0 Å². The summed E-state index contributed by atoms with van der Waals surface area (Å²) in [7, 11) is 0. The third-order valence-electron chi connectivity index (χ3n) is 11.8. The molecule has 0 radical (unpaired) electrons. The van der Waals surface area contributed by atoms with E-state index in [-0.39, 0.29) is 63.0 Å². The van der Waals surface area contributed by atoms with Gasteiger partial charge in [0.25, 0.3) is 0 Å². The lowest BCUT2D eigenvalue weighted by atomic mass is 9.36. The number of nitrogens with zero attached hydrogens (tertiary/aromatic N) is 1. The largest absolute Gasteiger partial charge is 0.459 e. The lowest BCUT2D eigenvalue weighted by Crippen LogP contribution is -2.66. The van der Waals surface area contributed by atoms with E-state index >= 15 is 0 Å². The van der Waals surface area contributed by atoms with Gasteiger partial charge in [-0.2, -0.15) is 5.26 Å². The number of hydrogen-bond acceptors (Lipinski definition) is 5. The fourth-order valence-corrected chi connectivity index (χ4v) is 9.67. The molecule has 0 heterocycles. The number of ether oxygens (including phenoxy) is 1. The summed E-state index contributed by atoms with van der Waals surface area (Å²) >= 11 is 0. The van der Waals surface area contributed by atoms with Crippen molar-refractivity contribution in [3.63, 3.8) is 0 Å². The van der Waals surface area contributed by atoms with E-state index in [0.29, 0.717) is 0 Å². The molecule has 5 aliphatic rings. The number of allylic oxidation sites excluding steroid dienone is 4. The Kier molecular flexibility index (Phi) is 5.40. The number of ketones is 2. The van der Waals surface area contributed by atoms with Gasteiger partial charge in [0, 0.05) is 30.1 Å². The first-order chi connectivity index (χ1) is 16.6. The molecular formula is C31H41NO4. The molecule has 0 spiro atoms. The molecule has 5 aliphatic carbocycles. The minimum absolute atomic E-state index is 0.00590. The normalized spacial score (nSPS) is 47.2. The van der Waals surface area contributed by atoms with Crippen LogP contribution >= 0.6 is 0 Å². The molecule has 36 heavy (non-hydrogen) atoms. The van der Waals surface area contributed by atoms with Gasteiger partial charge in [-0.05, 0) is 73.2 Å². The molecule has 8 atom stereocenters. The maximum atomic E-state index is 14.3. The number of rotatable bonds is 1. The van der Waals surface area contributed by atoms with Crippen molar-refractivity contribution in [3.05, 3.63) is 23.3 Å². The maximum Gasteiger partial charge on any atom is 0.303 e. The summed E-state index contributed by atoms with van der Waals surface area (Å²) in [5, 5.41) is 9.75. The van der Waals surface area contributed by atoms with Crippen LogP contribution in [0.1, 0.15) is 93.4 Å². The van der Waals surface area contributed by atoms with Crippen molar-refractivity contribution in [2.45, 2.75) is 99.0 Å². The minimum atomic E-state index is -0.566. The van der Waals surface area contributed by atoms with E-state index in [9.17, 15) is 19.6 Å². The van der Waals surface area contributed by atoms with Gasteiger partial charge in [-0.3, -0.25) is 14.4 Å². The number of hydrogen-bond donors (Lipinski definition) is 0. The molecule has 0 aromatic rings. The van der Waals surface area contributed by atoms with Crippen LogP contribution in [0.4, 0.5) is 0 Å². The Balaban J connectivity index is 1.68. The number of esters is 1. The average molecular weight is 492 g/mol. The lowest BCUT2D eigenvalue weighted by Gasteiger charge is -2.68. The van der Waals surface area contributed by atoms with Crippen molar-refractivity contribution in [2.24, 2.45) is 45.3 Å². The number of carbonyl (C=O) groups excluding carboxylic acids is 3. The van der Waals surface area contributed by atoms with E-state index in [2.05, 4.69) is 40.7 Å². The van der Waals surface area contributed by atoms with Crippen LogP contribution in [0.15, 0.2) is 23.3 Å². The Hall–Kier alpha value is -2.22. The van der Waals surface area contributed by atoms with Crippen LogP contribution in [0.2, 0.25) is 0 Å². The molecule has 5 nitrogen and oxygen atoms in total. The van der Waals surface area contributed by atoms with E-state index in [1.165, 1.54) is 6.92 Å². The van der Waals surface area contributed by atoms with Crippen molar-refractivity contribution in [1.29, 1.82) is 5.26 Å². The summed E-state index contributed by atoms with van der Waals surface area (Å²) in [4.78, 5) is 39.4. The molecule has 3 fully saturated rings. The Morgan fingerprint density at radius 1 is 1.03 bits per heavy atom. The summed E-state index contributed by atoms with van der Waals surface area (Å²) < 4.78 is 6.15. The van der Waals surface area contributed by atoms with Crippen molar-refractivity contribution in [2.75, 3.05) is 0 Å². The minimum Gasteiger partial charge on any atom is -0.459 e. The molecule has 1 unspecified atom stereocenters. The quantitative estimate of drug-likeness (QED) is 0.412. The molecule has 0 aliphatic heterocycles. The average Bonchev–Trinajstić information content (AvgIpc) is 2.78. The van der Waals surface area contributed by atoms with Crippen molar-refractivity contribution in [3.8, 4) is 6.07 Å². The zero-order valence-electron chi connectivity index (χ0n) is 23.0. The predicted octanol–water partition coefficient (Wildman–Crippen LogP) is 6.13. The Morgan fingerprint density at radius 3 is 2.33 bits per heavy atom. The zero-order valence-corrected chi connectivity index (χ0v) is 23.0. The summed E-state index contributed by atoms with van der Waals surface area (Å²) in [6, 6.07) is 2.15. The predicted molar refractivity (Wildman–Crippen MR) is 136 cm³/mol. The molecule has 194 valence electrons. The lowest BCUT2D eigenvalue weighted by molar-refractivity contribution is -0.214. The second kappa shape index (κ2) is 7.65. The highest BCUT2D eigenvalue weighted by Crippen LogP contribution is 2.72. The zero-order chi connectivity index (χ0) is 26.5. The Morgan fingerprint density at radius 2 is 1.69 bits per heavy atom. The van der Waals surface area contributed by atoms with E-state index in [0.717, 1.165) is 50.5 Å². The van der Waals surface area contributed by atoms with Crippen molar-refractivity contribution < 1.29 is 19.1 Å². The van der Waals surface area contributed by atoms with E-state index in [1.54, 1.807) is 0 Å². The van der Waals surface area contributed by atoms with E-state index in [1.807, 2.05) is 19.1 Å². The van der Waals surface area contributed by atoms with Crippen LogP contribution in [-0.4, -0.2) is 23.1 Å². The van der Waals surface area contributed by atoms with Gasteiger partial charge in [0.15, 0.2) is 11.6 Å². The highest BCUT2D eigenvalue weighted by atomic mass is 16.6. The first-order valence-corrected chi connectivity index (χ1v) is 13.8. The van der Waals surface area contributed by atoms with E-state index < -0.39 is 11.0 Å². The van der Waals surface area contributed by atoms with Crippen LogP contribution < -0.4 is 0 Å². The number of fused-ring (bicyclic) bond motifs is 7. The molecule has 0 aromatic carbocycles. The van der Waals surface area contributed by atoms with E-state index in [4.69, 9.17) is 4.74 Å². The molecule has 0 amide bonds. The first kappa shape index (κ1) is 25.4. The van der Waals surface area contributed by atoms with Gasteiger partial charge in [-0.15, -0.1) is 0 Å². The number of Topliss-reactive ketones (excluding diaryl/α,β-unsaturated/α-hetero) is 1. The molecule has 5 rings (SSSR count). The van der Waals surface area contributed by atoms with Crippen LogP contribution in [0.25, 0.3) is 0 Å². The van der Waals surface area contributed by atoms with Gasteiger partial charge in [0.05, 0.1) is 5.57 Å². The van der Waals surface area contributed by atoms with Crippen molar-refractivity contribution >= 4 is 17.5 Å². The standard InChI is InChI=1S/C31H41NO4/c1-18-21-8-9-29(6)24(28(21,5)15-20(17-32)26(18)35)14-23(34)25-22-16-27(3,4)10-12-31(22,36-19(2)33)13-11-30(25,29)7/h14-15,18,21-22,25H,8-13,16H2,1-7H3/t18-,21-,22+,25?,28-,29+,30+,31-/m0/s1. The second-order valence-electron chi connectivity index (χ2n) is 14.1. The molecule has 0 bridgehead atoms. The van der Waals surface area contributed by atoms with Gasteiger partial charge >= 0.3 is 5.97 Å². The van der Waals surface area contributed by atoms with Crippen molar-refractivity contribution in [1.82, 2.24) is 0 Å². The smallest absolute Gasteiger partial charge is 0.303 e. The fourth-order valence-electron chi connectivity index (χ4n) is 9.67. The molecule has 3 saturated carbocycles. The van der Waals surface area contributed by atoms with Gasteiger partial charge in [-0.25, -0.2) is 0 Å². The molecule has 0 saturated heterocycles. The summed E-state index contributed by atoms with van der Waals surface area (Å²) in [6.07, 6.45) is 9.88. The van der Waals surface area contributed by atoms with Crippen LogP contribution in [0, 0.1) is 56.7 Å². The molecule has 0 aromatic heterocycles. The highest BCUT2D eigenvalue weighted by molar-refractivity contribution is 6.02. The summed E-state index contributed by atoms with van der Waals surface area (Å²) in [5.74, 6) is -0.535. The number of nitriles is 1. The highest BCUT2D eigenvalue weighted by Gasteiger charge is 2.69. The second-order valence-corrected chi connectivity index (χ2v) is 14.1. The number of carbonyl (C=O) groups is 3. The van der Waals surface area contributed by atoms with Crippen LogP contribution in [-0.2, 0) is 19.1 Å². The third kappa shape index (κ3) is 3.15. The maximum absolute atomic E-state index is 14.3. The van der Waals surface area contributed by atoms with Gasteiger partial charge in [0.1, 0.15) is 11.7 Å². The Bertz CT molecular complexity index is 1160. The molecule has 5 heteroatoms. The summed E-state index contributed by atoms with van der Waals surface area (Å²) in [5.41, 5.74) is -0.151. The monoisotopic (exact) mass is 491 g/mol. The third-order valence-corrected chi connectivity index (χ3v) is 11.8. The van der Waals surface area contributed by atoms with Gasteiger partial charge in [-0.1, -0.05) is 53.2 Å². The first-order valence-electron chi connectivity index (χ1n) is 13.8. The molecule has 0 N–H and O–H groups in total. The van der Waals surface area contributed by atoms with Gasteiger partial charge < -0.3 is 4.74 Å². The SMILES string of the molecule is CC(=O)O[C@]12CCC(C)(C)C[C@@H]1C1C(=O)C=C3[C@@]4(C)C=C(C#N)C(=O)[C@@H](C)[C@@H]4CC[C@@]3(C)[C@]1(C)CC2. The fraction of sp³-hybridized carbons (Fsp3) is 0.742.